The van der Waals surface area contributed by atoms with Crippen molar-refractivity contribution >= 4 is 17.5 Å². The molecule has 0 unspecified atom stereocenters. The quantitative estimate of drug-likeness (QED) is 0.903. The number of hydrogen-bond acceptors (Lipinski definition) is 2. The Bertz CT molecular complexity index is 582. The van der Waals surface area contributed by atoms with E-state index in [9.17, 15) is 9.59 Å². The monoisotopic (exact) mass is 268 g/mol. The van der Waals surface area contributed by atoms with Crippen molar-refractivity contribution in [2.75, 3.05) is 11.4 Å². The number of rotatable bonds is 5. The van der Waals surface area contributed by atoms with Crippen molar-refractivity contribution in [1.29, 1.82) is 0 Å². The molecule has 4 heteroatoms. The minimum absolute atomic E-state index is 0.132. The van der Waals surface area contributed by atoms with Crippen LogP contribution < -0.4 is 10.6 Å². The highest BCUT2D eigenvalue weighted by atomic mass is 16.2. The van der Waals surface area contributed by atoms with Crippen LogP contribution in [-0.2, 0) is 4.79 Å². The molecule has 0 saturated heterocycles. The highest BCUT2D eigenvalue weighted by Gasteiger charge is 2.17. The van der Waals surface area contributed by atoms with Crippen molar-refractivity contribution in [3.8, 4) is 0 Å². The molecule has 2 amide bonds. The summed E-state index contributed by atoms with van der Waals surface area (Å²) < 4.78 is 0. The molecule has 0 atom stereocenters. The van der Waals surface area contributed by atoms with Gasteiger partial charge >= 0.3 is 0 Å². The lowest BCUT2D eigenvalue weighted by Gasteiger charge is -2.22. The first-order valence-corrected chi connectivity index (χ1v) is 6.39. The van der Waals surface area contributed by atoms with Crippen molar-refractivity contribution in [2.24, 2.45) is 5.73 Å². The molecule has 0 aromatic heterocycles. The molecule has 0 fully saturated rings. The lowest BCUT2D eigenvalue weighted by Crippen LogP contribution is -2.34. The molecule has 0 aliphatic rings. The van der Waals surface area contributed by atoms with E-state index in [4.69, 9.17) is 5.73 Å². The Labute approximate surface area is 117 Å². The smallest absolute Gasteiger partial charge is 0.258 e. The largest absolute Gasteiger partial charge is 0.370 e. The second-order valence-electron chi connectivity index (χ2n) is 4.37. The van der Waals surface area contributed by atoms with Gasteiger partial charge in [0, 0.05) is 24.2 Å². The van der Waals surface area contributed by atoms with E-state index in [2.05, 4.69) is 0 Å². The highest BCUT2D eigenvalue weighted by Crippen LogP contribution is 2.17. The third-order valence-corrected chi connectivity index (χ3v) is 2.92. The summed E-state index contributed by atoms with van der Waals surface area (Å²) in [5, 5.41) is 0. The van der Waals surface area contributed by atoms with E-state index >= 15 is 0 Å². The molecule has 2 aromatic rings. The summed E-state index contributed by atoms with van der Waals surface area (Å²) in [7, 11) is 0. The predicted molar refractivity (Wildman–Crippen MR) is 78.4 cm³/mol. The fourth-order valence-electron chi connectivity index (χ4n) is 1.91. The Morgan fingerprint density at radius 2 is 1.45 bits per heavy atom. The molecule has 2 N–H and O–H groups in total. The Hall–Kier alpha value is -2.62. The van der Waals surface area contributed by atoms with Crippen molar-refractivity contribution in [3.63, 3.8) is 0 Å². The molecule has 4 nitrogen and oxygen atoms in total. The summed E-state index contributed by atoms with van der Waals surface area (Å²) in [6.45, 7) is 0.271. The molecule has 20 heavy (non-hydrogen) atoms. The van der Waals surface area contributed by atoms with Crippen molar-refractivity contribution < 1.29 is 9.59 Å². The van der Waals surface area contributed by atoms with Gasteiger partial charge in [-0.15, -0.1) is 0 Å². The zero-order chi connectivity index (χ0) is 14.4. The van der Waals surface area contributed by atoms with Crippen LogP contribution in [0.4, 0.5) is 5.69 Å². The van der Waals surface area contributed by atoms with Crippen LogP contribution in [-0.4, -0.2) is 18.4 Å². The Morgan fingerprint density at radius 3 is 2.00 bits per heavy atom. The third kappa shape index (κ3) is 3.45. The van der Waals surface area contributed by atoms with Crippen LogP contribution in [0.3, 0.4) is 0 Å². The first-order valence-electron chi connectivity index (χ1n) is 6.39. The fraction of sp³-hybridized carbons (Fsp3) is 0.125. The average molecular weight is 268 g/mol. The summed E-state index contributed by atoms with van der Waals surface area (Å²) >= 11 is 0. The van der Waals surface area contributed by atoms with Gasteiger partial charge in [-0.25, -0.2) is 0 Å². The number of amides is 2. The molecule has 2 rings (SSSR count). The van der Waals surface area contributed by atoms with Crippen LogP contribution in [0.25, 0.3) is 0 Å². The van der Waals surface area contributed by atoms with Gasteiger partial charge in [0.1, 0.15) is 0 Å². The first-order chi connectivity index (χ1) is 9.68. The molecule has 0 saturated carbocycles. The van der Waals surface area contributed by atoms with E-state index in [0.29, 0.717) is 5.56 Å². The van der Waals surface area contributed by atoms with Gasteiger partial charge < -0.3 is 10.6 Å². The molecule has 0 aliphatic heterocycles. The van der Waals surface area contributed by atoms with Crippen LogP contribution in [0.5, 0.6) is 0 Å². The van der Waals surface area contributed by atoms with Gasteiger partial charge in [0.25, 0.3) is 5.91 Å². The molecule has 0 radical (unpaired) electrons. The number of anilines is 1. The number of hydrogen-bond donors (Lipinski definition) is 1. The Morgan fingerprint density at radius 1 is 0.900 bits per heavy atom. The minimum atomic E-state index is -0.424. The van der Waals surface area contributed by atoms with E-state index in [1.54, 1.807) is 17.0 Å². The topological polar surface area (TPSA) is 63.4 Å². The van der Waals surface area contributed by atoms with Gasteiger partial charge in [-0.2, -0.15) is 0 Å². The van der Waals surface area contributed by atoms with E-state index < -0.39 is 5.91 Å². The normalized spacial score (nSPS) is 10.0. The molecule has 2 aromatic carbocycles. The van der Waals surface area contributed by atoms with E-state index in [1.165, 1.54) is 0 Å². The summed E-state index contributed by atoms with van der Waals surface area (Å²) in [5.41, 5.74) is 6.52. The minimum Gasteiger partial charge on any atom is -0.370 e. The molecule has 0 aliphatic carbocycles. The van der Waals surface area contributed by atoms with Crippen LogP contribution in [0.2, 0.25) is 0 Å². The van der Waals surface area contributed by atoms with E-state index in [1.807, 2.05) is 48.5 Å². The van der Waals surface area contributed by atoms with Crippen molar-refractivity contribution in [2.45, 2.75) is 6.42 Å². The zero-order valence-electron chi connectivity index (χ0n) is 11.0. The number of nitrogens with two attached hydrogens (primary N) is 1. The Balaban J connectivity index is 2.27. The lowest BCUT2D eigenvalue weighted by atomic mass is 10.1. The van der Waals surface area contributed by atoms with E-state index in [-0.39, 0.29) is 18.9 Å². The van der Waals surface area contributed by atoms with Crippen LogP contribution in [0.15, 0.2) is 60.7 Å². The number of carbonyl (C=O) groups excluding carboxylic acids is 2. The standard InChI is InChI=1S/C16H16N2O2/c17-15(19)11-12-18(14-9-5-2-6-10-14)16(20)13-7-3-1-4-8-13/h1-10H,11-12H2,(H2,17,19). The van der Waals surface area contributed by atoms with Gasteiger partial charge in [0.05, 0.1) is 0 Å². The van der Waals surface area contributed by atoms with Gasteiger partial charge in [-0.1, -0.05) is 36.4 Å². The molecule has 0 bridgehead atoms. The number of carbonyl (C=O) groups is 2. The predicted octanol–water partition coefficient (Wildman–Crippen LogP) is 2.21. The molecule has 0 heterocycles. The first kappa shape index (κ1) is 13.8. The van der Waals surface area contributed by atoms with Crippen LogP contribution in [0, 0.1) is 0 Å². The zero-order valence-corrected chi connectivity index (χ0v) is 11.0. The van der Waals surface area contributed by atoms with Gasteiger partial charge in [0.2, 0.25) is 5.91 Å². The van der Waals surface area contributed by atoms with Gasteiger partial charge in [0.15, 0.2) is 0 Å². The van der Waals surface area contributed by atoms with Gasteiger partial charge in [-0.3, -0.25) is 9.59 Å². The summed E-state index contributed by atoms with van der Waals surface area (Å²) in [4.78, 5) is 25.1. The summed E-state index contributed by atoms with van der Waals surface area (Å²) in [6, 6.07) is 18.2. The fourth-order valence-corrected chi connectivity index (χ4v) is 1.91. The molecular formula is C16H16N2O2. The summed E-state index contributed by atoms with van der Waals surface area (Å²) in [6.07, 6.45) is 0.132. The van der Waals surface area contributed by atoms with Crippen LogP contribution >= 0.6 is 0 Å². The van der Waals surface area contributed by atoms with Crippen molar-refractivity contribution in [1.82, 2.24) is 0 Å². The number of nitrogens with zero attached hydrogens (tertiary/aromatic N) is 1. The Kier molecular flexibility index (Phi) is 4.50. The van der Waals surface area contributed by atoms with E-state index in [0.717, 1.165) is 5.69 Å². The average Bonchev–Trinajstić information content (AvgIpc) is 2.49. The lowest BCUT2D eigenvalue weighted by molar-refractivity contribution is -0.117. The van der Waals surface area contributed by atoms with Crippen LogP contribution in [0.1, 0.15) is 16.8 Å². The van der Waals surface area contributed by atoms with Crippen molar-refractivity contribution in [3.05, 3.63) is 66.2 Å². The molecular weight excluding hydrogens is 252 g/mol. The number of primary amides is 1. The number of benzene rings is 2. The maximum Gasteiger partial charge on any atom is 0.258 e. The number of para-hydroxylation sites is 1. The maximum atomic E-state index is 12.5. The second-order valence-corrected chi connectivity index (χ2v) is 4.37. The SMILES string of the molecule is NC(=O)CCN(C(=O)c1ccccc1)c1ccccc1. The molecule has 0 spiro atoms. The maximum absolute atomic E-state index is 12.5. The van der Waals surface area contributed by atoms with Gasteiger partial charge in [-0.05, 0) is 24.3 Å². The second kappa shape index (κ2) is 6.52. The third-order valence-electron chi connectivity index (χ3n) is 2.92. The summed E-state index contributed by atoms with van der Waals surface area (Å²) in [5.74, 6) is -0.565. The molecule has 102 valence electrons. The highest BCUT2D eigenvalue weighted by molar-refractivity contribution is 6.06.